The average molecular weight is 429 g/mol. The Morgan fingerprint density at radius 2 is 1.77 bits per heavy atom. The second-order valence-corrected chi connectivity index (χ2v) is 6.79. The molecule has 0 unspecified atom stereocenters. The van der Waals surface area contributed by atoms with E-state index in [4.69, 9.17) is 5.11 Å². The van der Waals surface area contributed by atoms with Crippen LogP contribution in [0.3, 0.4) is 0 Å². The number of benzene rings is 1. The number of allylic oxidation sites excluding steroid dienone is 2. The lowest BCUT2D eigenvalue weighted by atomic mass is 9.86. The number of nitrogens with zero attached hydrogens (tertiary/aromatic N) is 2. The van der Waals surface area contributed by atoms with Gasteiger partial charge in [0.1, 0.15) is 11.9 Å². The summed E-state index contributed by atoms with van der Waals surface area (Å²) in [5, 5.41) is 20.1. The van der Waals surface area contributed by atoms with Gasteiger partial charge in [-0.25, -0.2) is 17.6 Å². The molecule has 3 N–H and O–H groups in total. The van der Waals surface area contributed by atoms with Gasteiger partial charge in [0.15, 0.2) is 29.0 Å². The van der Waals surface area contributed by atoms with Gasteiger partial charge in [-0.05, 0) is 18.3 Å². The molecule has 2 aromatic rings. The molecule has 1 aromatic heterocycles. The first-order valence-electron chi connectivity index (χ1n) is 8.83. The van der Waals surface area contributed by atoms with Crippen molar-refractivity contribution >= 4 is 24.4 Å². The maximum atomic E-state index is 14.9. The van der Waals surface area contributed by atoms with Crippen molar-refractivity contribution in [3.8, 4) is 0 Å². The monoisotopic (exact) mass is 429 g/mol. The lowest BCUT2D eigenvalue weighted by Gasteiger charge is -2.31. The number of anilines is 1. The van der Waals surface area contributed by atoms with E-state index in [1.165, 1.54) is 24.3 Å². The van der Waals surface area contributed by atoms with Gasteiger partial charge in [-0.2, -0.15) is 0 Å². The number of aromatic nitrogens is 1. The van der Waals surface area contributed by atoms with Crippen LogP contribution in [0.5, 0.6) is 0 Å². The van der Waals surface area contributed by atoms with Crippen LogP contribution in [0.25, 0.3) is 5.57 Å². The molecule has 0 saturated carbocycles. The topological polar surface area (TPSA) is 60.4 Å². The van der Waals surface area contributed by atoms with Crippen LogP contribution in [0, 0.1) is 23.3 Å². The third-order valence-electron chi connectivity index (χ3n) is 4.98. The number of fused-ring (bicyclic) bond motifs is 2. The zero-order valence-corrected chi connectivity index (χ0v) is 15.1. The predicted octanol–water partition coefficient (Wildman–Crippen LogP) is 2.46. The van der Waals surface area contributed by atoms with Crippen LogP contribution in [0.2, 0.25) is 0 Å². The molecule has 2 aliphatic heterocycles. The van der Waals surface area contributed by atoms with Crippen molar-refractivity contribution in [2.45, 2.75) is 6.10 Å². The number of rotatable bonds is 5. The van der Waals surface area contributed by atoms with Crippen molar-refractivity contribution < 1.29 is 40.9 Å². The van der Waals surface area contributed by atoms with Crippen LogP contribution >= 0.6 is 0 Å². The Morgan fingerprint density at radius 1 is 1.10 bits per heavy atom. The molecule has 0 bridgehead atoms. The smallest absolute Gasteiger partial charge is 0.396 e. The highest BCUT2D eigenvalue weighted by Crippen LogP contribution is 2.42. The van der Waals surface area contributed by atoms with E-state index in [2.05, 4.69) is 0 Å². The number of hydrogen-bond acceptors (Lipinski definition) is 3. The molecule has 0 radical (unpaired) electrons. The zero-order valence-electron chi connectivity index (χ0n) is 15.1. The molecule has 0 amide bonds. The molecule has 0 saturated heterocycles. The van der Waals surface area contributed by atoms with Crippen molar-refractivity contribution in [2.24, 2.45) is 0 Å². The Morgan fingerprint density at radius 3 is 2.40 bits per heavy atom. The van der Waals surface area contributed by atoms with E-state index in [0.29, 0.717) is 8.96 Å². The van der Waals surface area contributed by atoms with Gasteiger partial charge in [0.25, 0.3) is 0 Å². The fourth-order valence-electron chi connectivity index (χ4n) is 3.57. The second-order valence-electron chi connectivity index (χ2n) is 6.79. The van der Waals surface area contributed by atoms with Gasteiger partial charge in [-0.15, -0.1) is 0 Å². The largest absolute Gasteiger partial charge is 0.737 e. The summed E-state index contributed by atoms with van der Waals surface area (Å²) in [6, 6.07) is 2.39. The molecule has 4 rings (SSSR count). The van der Waals surface area contributed by atoms with Crippen molar-refractivity contribution in [1.29, 1.82) is 0 Å². The standard InChI is InChI=1S/C18H14BF6N3O2/c20-14-13(15(21)17(23)18(16(14)22)26-7-9(30)8-29)12-10-3-1-5-27(10)19(24,25)28-6-2-4-11(12)28/h1-6,9,26,29-30H,7-8H2/t9-/m0/s1. The number of nitrogens with one attached hydrogen (secondary N) is 1. The highest BCUT2D eigenvalue weighted by Gasteiger charge is 2.52. The number of hydrogen-bond donors (Lipinski definition) is 3. The molecule has 0 spiro atoms. The first kappa shape index (κ1) is 20.3. The summed E-state index contributed by atoms with van der Waals surface area (Å²) >= 11 is 0. The zero-order chi connectivity index (χ0) is 21.8. The SMILES string of the molecule is OC[C@@H](O)CNc1c(F)c(F)c(C2=C3C=CC=[N+]3[B-](F)(F)n3cccc32)c(F)c1F. The lowest BCUT2D eigenvalue weighted by molar-refractivity contribution is -0.356. The van der Waals surface area contributed by atoms with Crippen molar-refractivity contribution in [2.75, 3.05) is 18.5 Å². The van der Waals surface area contributed by atoms with Gasteiger partial charge in [0.05, 0.1) is 23.8 Å². The van der Waals surface area contributed by atoms with Crippen molar-refractivity contribution in [3.05, 3.63) is 70.7 Å². The molecule has 0 aliphatic carbocycles. The summed E-state index contributed by atoms with van der Waals surface area (Å²) in [5.74, 6) is -7.16. The summed E-state index contributed by atoms with van der Waals surface area (Å²) in [5.41, 5.74) is -3.37. The fraction of sp³-hybridized carbons (Fsp3) is 0.167. The van der Waals surface area contributed by atoms with E-state index < -0.39 is 66.3 Å². The Bertz CT molecular complexity index is 1110. The minimum Gasteiger partial charge on any atom is -0.396 e. The highest BCUT2D eigenvalue weighted by atomic mass is 19.2. The van der Waals surface area contributed by atoms with E-state index >= 15 is 0 Å². The molecule has 30 heavy (non-hydrogen) atoms. The van der Waals surface area contributed by atoms with Crippen LogP contribution in [-0.4, -0.2) is 51.6 Å². The third-order valence-corrected chi connectivity index (χ3v) is 4.98. The molecular formula is C18H14BF6N3O2. The maximum Gasteiger partial charge on any atom is 0.737 e. The number of aliphatic hydroxyl groups is 2. The van der Waals surface area contributed by atoms with Crippen molar-refractivity contribution in [1.82, 2.24) is 4.48 Å². The van der Waals surface area contributed by atoms with Gasteiger partial charge < -0.3 is 33.1 Å². The van der Waals surface area contributed by atoms with Gasteiger partial charge in [0, 0.05) is 24.4 Å². The third kappa shape index (κ3) is 2.78. The van der Waals surface area contributed by atoms with Gasteiger partial charge in [0.2, 0.25) is 0 Å². The fourth-order valence-corrected chi connectivity index (χ4v) is 3.57. The average Bonchev–Trinajstić information content (AvgIpc) is 3.39. The first-order valence-corrected chi connectivity index (χ1v) is 8.83. The molecule has 5 nitrogen and oxygen atoms in total. The van der Waals surface area contributed by atoms with Gasteiger partial charge >= 0.3 is 6.97 Å². The molecule has 12 heteroatoms. The second kappa shape index (κ2) is 7.06. The summed E-state index contributed by atoms with van der Waals surface area (Å²) in [6.07, 6.45) is 2.98. The molecule has 2 aliphatic rings. The normalized spacial score (nSPS) is 17.7. The van der Waals surface area contributed by atoms with Crippen LogP contribution in [-0.2, 0) is 0 Å². The van der Waals surface area contributed by atoms with Gasteiger partial charge in [-0.3, -0.25) is 0 Å². The Balaban J connectivity index is 1.94. The molecule has 158 valence electrons. The molecule has 1 aromatic carbocycles. The Labute approximate surface area is 165 Å². The quantitative estimate of drug-likeness (QED) is 0.389. The Hall–Kier alpha value is -2.99. The van der Waals surface area contributed by atoms with E-state index in [9.17, 15) is 31.3 Å². The van der Waals surface area contributed by atoms with E-state index in [-0.39, 0.29) is 11.4 Å². The van der Waals surface area contributed by atoms with Crippen LogP contribution in [0.15, 0.2) is 36.2 Å². The molecule has 1 atom stereocenters. The van der Waals surface area contributed by atoms with E-state index in [1.54, 1.807) is 0 Å². The van der Waals surface area contributed by atoms with Crippen LogP contribution in [0.4, 0.5) is 31.9 Å². The molecular weight excluding hydrogens is 415 g/mol. The minimum absolute atomic E-state index is 0.306. The summed E-state index contributed by atoms with van der Waals surface area (Å²) in [7, 11) is 0. The first-order chi connectivity index (χ1) is 14.2. The predicted molar refractivity (Wildman–Crippen MR) is 97.1 cm³/mol. The minimum atomic E-state index is -4.36. The number of aliphatic hydroxyl groups excluding tert-OH is 2. The number of halogens is 6. The van der Waals surface area contributed by atoms with Crippen LogP contribution < -0.4 is 5.32 Å². The lowest BCUT2D eigenvalue weighted by Crippen LogP contribution is -2.49. The summed E-state index contributed by atoms with van der Waals surface area (Å²) in [4.78, 5) is 0. The maximum absolute atomic E-state index is 14.9. The molecule has 3 heterocycles. The summed E-state index contributed by atoms with van der Waals surface area (Å²) < 4.78 is 89.6. The van der Waals surface area contributed by atoms with Crippen LogP contribution in [0.1, 0.15) is 11.3 Å². The van der Waals surface area contributed by atoms with E-state index in [0.717, 1.165) is 12.4 Å². The Kier molecular flexibility index (Phi) is 4.78. The van der Waals surface area contributed by atoms with Crippen molar-refractivity contribution in [3.63, 3.8) is 0 Å². The van der Waals surface area contributed by atoms with Gasteiger partial charge in [-0.1, -0.05) is 0 Å². The van der Waals surface area contributed by atoms with E-state index in [1.807, 2.05) is 5.32 Å². The molecule has 0 fully saturated rings. The summed E-state index contributed by atoms with van der Waals surface area (Å²) in [6.45, 7) is -5.69. The highest BCUT2D eigenvalue weighted by molar-refractivity contribution is 6.57.